The Morgan fingerprint density at radius 3 is 2.45 bits per heavy atom. The van der Waals surface area contributed by atoms with Gasteiger partial charge in [0.1, 0.15) is 11.5 Å². The van der Waals surface area contributed by atoms with Crippen LogP contribution < -0.4 is 9.80 Å². The lowest BCUT2D eigenvalue weighted by molar-refractivity contribution is 0.516. The second-order valence-corrected chi connectivity index (χ2v) is 6.81. The summed E-state index contributed by atoms with van der Waals surface area (Å²) in [6, 6.07) is 0.421. The molecule has 0 aromatic carbocycles. The van der Waals surface area contributed by atoms with Crippen LogP contribution in [-0.2, 0) is 0 Å². The highest BCUT2D eigenvalue weighted by Gasteiger charge is 2.44. The maximum Gasteiger partial charge on any atom is 0.224 e. The molecule has 5 nitrogen and oxygen atoms in total. The Morgan fingerprint density at radius 2 is 1.95 bits per heavy atom. The van der Waals surface area contributed by atoms with Crippen LogP contribution in [0.2, 0.25) is 5.28 Å². The van der Waals surface area contributed by atoms with Crippen LogP contribution >= 0.6 is 11.6 Å². The van der Waals surface area contributed by atoms with E-state index in [4.69, 9.17) is 16.6 Å². The molecule has 0 N–H and O–H groups in total. The number of aliphatic imine (C=N–C) groups is 1. The molecule has 0 saturated heterocycles. The summed E-state index contributed by atoms with van der Waals surface area (Å²) >= 11 is 6.03. The molecule has 0 amide bonds. The van der Waals surface area contributed by atoms with Gasteiger partial charge in [-0.2, -0.15) is 4.98 Å². The molecule has 22 heavy (non-hydrogen) atoms. The summed E-state index contributed by atoms with van der Waals surface area (Å²) in [5.74, 6) is 1.74. The van der Waals surface area contributed by atoms with E-state index in [2.05, 4.69) is 63.0 Å². The highest BCUT2D eigenvalue weighted by molar-refractivity contribution is 6.28. The molecular formula is C16H24ClN5. The maximum atomic E-state index is 6.03. The predicted octanol–water partition coefficient (Wildman–Crippen LogP) is 3.89. The summed E-state index contributed by atoms with van der Waals surface area (Å²) in [4.78, 5) is 17.6. The average molecular weight is 322 g/mol. The number of fused-ring (bicyclic) bond motifs is 1. The standard InChI is InChI=1S/C16H24ClN5/c1-8-21-12-9-18-15(17)20-13(12)22(11(4)5)16(6,7)14(21)19-10(2)3/h8-11H,1H2,2-7H3. The van der Waals surface area contributed by atoms with Crippen LogP contribution in [0.3, 0.4) is 0 Å². The van der Waals surface area contributed by atoms with Crippen molar-refractivity contribution < 1.29 is 0 Å². The molecule has 1 aromatic heterocycles. The van der Waals surface area contributed by atoms with Crippen LogP contribution in [0.5, 0.6) is 0 Å². The van der Waals surface area contributed by atoms with Crippen LogP contribution in [0.4, 0.5) is 11.5 Å². The number of halogens is 1. The van der Waals surface area contributed by atoms with E-state index in [0.29, 0.717) is 0 Å². The number of amidine groups is 1. The van der Waals surface area contributed by atoms with Crippen molar-refractivity contribution in [1.82, 2.24) is 9.97 Å². The molecule has 0 fully saturated rings. The van der Waals surface area contributed by atoms with Gasteiger partial charge >= 0.3 is 0 Å². The van der Waals surface area contributed by atoms with Gasteiger partial charge in [0.05, 0.1) is 11.7 Å². The van der Waals surface area contributed by atoms with Gasteiger partial charge in [-0.25, -0.2) is 4.98 Å². The molecule has 0 aliphatic carbocycles. The van der Waals surface area contributed by atoms with Crippen molar-refractivity contribution in [2.45, 2.75) is 59.2 Å². The molecule has 0 spiro atoms. The summed E-state index contributed by atoms with van der Waals surface area (Å²) < 4.78 is 0. The highest BCUT2D eigenvalue weighted by atomic mass is 35.5. The molecule has 6 heteroatoms. The van der Waals surface area contributed by atoms with E-state index in [-0.39, 0.29) is 22.9 Å². The van der Waals surface area contributed by atoms with Gasteiger partial charge < -0.3 is 4.90 Å². The van der Waals surface area contributed by atoms with Crippen molar-refractivity contribution in [2.24, 2.45) is 4.99 Å². The quantitative estimate of drug-likeness (QED) is 0.792. The first-order valence-electron chi connectivity index (χ1n) is 7.52. The lowest BCUT2D eigenvalue weighted by atomic mass is 9.94. The summed E-state index contributed by atoms with van der Waals surface area (Å²) in [6.07, 6.45) is 3.49. The van der Waals surface area contributed by atoms with E-state index in [1.807, 2.05) is 4.90 Å². The number of rotatable bonds is 3. The van der Waals surface area contributed by atoms with Crippen LogP contribution in [0.25, 0.3) is 0 Å². The Morgan fingerprint density at radius 1 is 1.32 bits per heavy atom. The topological polar surface area (TPSA) is 44.6 Å². The van der Waals surface area contributed by atoms with Crippen molar-refractivity contribution in [1.29, 1.82) is 0 Å². The van der Waals surface area contributed by atoms with E-state index < -0.39 is 0 Å². The Labute approximate surface area is 137 Å². The summed E-state index contributed by atoms with van der Waals surface area (Å²) in [6.45, 7) is 16.6. The predicted molar refractivity (Wildman–Crippen MR) is 94.0 cm³/mol. The number of hydrogen-bond acceptors (Lipinski definition) is 4. The molecule has 1 aliphatic rings. The second-order valence-electron chi connectivity index (χ2n) is 6.47. The Balaban J connectivity index is 2.77. The smallest absolute Gasteiger partial charge is 0.224 e. The first-order valence-corrected chi connectivity index (χ1v) is 7.89. The van der Waals surface area contributed by atoms with Crippen LogP contribution in [0, 0.1) is 0 Å². The molecule has 0 radical (unpaired) electrons. The van der Waals surface area contributed by atoms with Crippen molar-refractivity contribution in [3.8, 4) is 0 Å². The van der Waals surface area contributed by atoms with Gasteiger partial charge in [-0.05, 0) is 53.1 Å². The number of hydrogen-bond donors (Lipinski definition) is 0. The van der Waals surface area contributed by atoms with E-state index in [0.717, 1.165) is 17.3 Å². The fourth-order valence-electron chi connectivity index (χ4n) is 3.01. The van der Waals surface area contributed by atoms with Crippen LogP contribution in [-0.4, -0.2) is 33.4 Å². The lowest BCUT2D eigenvalue weighted by Crippen LogP contribution is -2.61. The fraction of sp³-hybridized carbons (Fsp3) is 0.562. The molecule has 2 rings (SSSR count). The molecular weight excluding hydrogens is 298 g/mol. The second kappa shape index (κ2) is 5.88. The van der Waals surface area contributed by atoms with E-state index in [1.54, 1.807) is 12.4 Å². The molecule has 0 unspecified atom stereocenters. The Bertz CT molecular complexity index is 607. The zero-order valence-electron chi connectivity index (χ0n) is 14.1. The molecule has 1 aliphatic heterocycles. The minimum atomic E-state index is -0.336. The first-order chi connectivity index (χ1) is 10.2. The van der Waals surface area contributed by atoms with Crippen molar-refractivity contribution in [3.05, 3.63) is 24.3 Å². The van der Waals surface area contributed by atoms with E-state index in [9.17, 15) is 0 Å². The van der Waals surface area contributed by atoms with Crippen molar-refractivity contribution in [3.63, 3.8) is 0 Å². The van der Waals surface area contributed by atoms with Gasteiger partial charge in [-0.3, -0.25) is 9.89 Å². The molecule has 0 saturated carbocycles. The molecule has 0 bridgehead atoms. The van der Waals surface area contributed by atoms with E-state index >= 15 is 0 Å². The van der Waals surface area contributed by atoms with Gasteiger partial charge in [-0.1, -0.05) is 6.58 Å². The van der Waals surface area contributed by atoms with Crippen molar-refractivity contribution in [2.75, 3.05) is 9.80 Å². The van der Waals surface area contributed by atoms with Crippen molar-refractivity contribution >= 4 is 28.9 Å². The van der Waals surface area contributed by atoms with Gasteiger partial charge in [0.25, 0.3) is 0 Å². The number of nitrogens with zero attached hydrogens (tertiary/aromatic N) is 5. The summed E-state index contributed by atoms with van der Waals surface area (Å²) in [5.41, 5.74) is 0.518. The molecule has 2 heterocycles. The minimum Gasteiger partial charge on any atom is -0.340 e. The first kappa shape index (κ1) is 16.7. The Hall–Kier alpha value is -1.62. The summed E-state index contributed by atoms with van der Waals surface area (Å²) in [7, 11) is 0. The third-order valence-electron chi connectivity index (χ3n) is 3.67. The van der Waals surface area contributed by atoms with Gasteiger partial charge in [-0.15, -0.1) is 0 Å². The highest BCUT2D eigenvalue weighted by Crippen LogP contribution is 2.41. The molecule has 0 atom stereocenters. The maximum absolute atomic E-state index is 6.03. The van der Waals surface area contributed by atoms with Gasteiger partial charge in [0, 0.05) is 18.3 Å². The number of aromatic nitrogens is 2. The SMILES string of the molecule is C=CN1C(=NC(C)C)C(C)(C)N(C(C)C)c2nc(Cl)ncc21. The molecule has 120 valence electrons. The van der Waals surface area contributed by atoms with Crippen LogP contribution in [0.15, 0.2) is 24.0 Å². The third-order valence-corrected chi connectivity index (χ3v) is 3.85. The van der Waals surface area contributed by atoms with Crippen LogP contribution in [0.1, 0.15) is 41.5 Å². The lowest BCUT2D eigenvalue weighted by Gasteiger charge is -2.50. The fourth-order valence-corrected chi connectivity index (χ4v) is 3.14. The third kappa shape index (κ3) is 2.70. The zero-order valence-corrected chi connectivity index (χ0v) is 14.9. The minimum absolute atomic E-state index is 0.181. The summed E-state index contributed by atoms with van der Waals surface area (Å²) in [5, 5.41) is 0.244. The molecule has 1 aromatic rings. The normalized spacial score (nSPS) is 19.0. The number of anilines is 2. The van der Waals surface area contributed by atoms with Gasteiger partial charge in [0.2, 0.25) is 5.28 Å². The van der Waals surface area contributed by atoms with Gasteiger partial charge in [0.15, 0.2) is 5.82 Å². The average Bonchev–Trinajstić information content (AvgIpc) is 2.38. The monoisotopic (exact) mass is 321 g/mol. The largest absolute Gasteiger partial charge is 0.340 e. The van der Waals surface area contributed by atoms with E-state index in [1.165, 1.54) is 0 Å². The zero-order chi connectivity index (χ0) is 16.7. The Kier molecular flexibility index (Phi) is 4.47.